The van der Waals surface area contributed by atoms with Crippen molar-refractivity contribution in [3.05, 3.63) is 24.3 Å². The molecule has 1 aliphatic carbocycles. The summed E-state index contributed by atoms with van der Waals surface area (Å²) in [5.41, 5.74) is 13.2. The Morgan fingerprint density at radius 3 is 2.65 bits per heavy atom. The number of anilines is 2. The first-order valence-corrected chi connectivity index (χ1v) is 9.36. The number of hydrogen-bond acceptors (Lipinski definition) is 6. The molecule has 1 atom stereocenters. The third-order valence-electron chi connectivity index (χ3n) is 5.31. The predicted molar refractivity (Wildman–Crippen MR) is 106 cm³/mol. The van der Waals surface area contributed by atoms with Crippen molar-refractivity contribution < 1.29 is 4.79 Å². The van der Waals surface area contributed by atoms with Gasteiger partial charge in [-0.05, 0) is 44.2 Å². The molecule has 1 fully saturated rings. The number of para-hydroxylation sites is 2. The lowest BCUT2D eigenvalue weighted by Gasteiger charge is -2.46. The van der Waals surface area contributed by atoms with E-state index in [1.807, 2.05) is 43.0 Å². The zero-order valence-electron chi connectivity index (χ0n) is 15.5. The Hall–Kier alpha value is -2.57. The van der Waals surface area contributed by atoms with Crippen molar-refractivity contribution in [2.45, 2.75) is 58.0 Å². The van der Waals surface area contributed by atoms with Gasteiger partial charge in [-0.25, -0.2) is 4.99 Å². The lowest BCUT2D eigenvalue weighted by atomic mass is 9.87. The van der Waals surface area contributed by atoms with Crippen LogP contribution in [0.5, 0.6) is 0 Å². The van der Waals surface area contributed by atoms with Gasteiger partial charge in [0.25, 0.3) is 0 Å². The Balaban J connectivity index is 2.01. The van der Waals surface area contributed by atoms with Crippen molar-refractivity contribution in [3.63, 3.8) is 0 Å². The van der Waals surface area contributed by atoms with Crippen LogP contribution in [0.1, 0.15) is 52.4 Å². The maximum absolute atomic E-state index is 12.4. The third-order valence-corrected chi connectivity index (χ3v) is 5.31. The van der Waals surface area contributed by atoms with Gasteiger partial charge in [-0.2, -0.15) is 4.99 Å². The first-order valence-electron chi connectivity index (χ1n) is 9.36. The van der Waals surface area contributed by atoms with E-state index in [1.165, 1.54) is 6.42 Å². The van der Waals surface area contributed by atoms with Gasteiger partial charge in [-0.15, -0.1) is 0 Å². The smallest absolute Gasteiger partial charge is 0.227 e. The van der Waals surface area contributed by atoms with Crippen LogP contribution < -0.4 is 21.7 Å². The first-order chi connectivity index (χ1) is 12.5. The standard InChI is InChI=1S/C19H28N6O/c1-3-13(2)16(26)22-14-9-5-6-10-15(14)25-18(21)23-17(20)24-19(25)11-7-4-8-12-19/h5-6,9-10,13H,3-4,7-8,11-12H2,1-2H3,(H,22,26)(H4,20,21,23,24). The number of aliphatic imine (C=N–C) groups is 2. The van der Waals surface area contributed by atoms with Crippen LogP contribution >= 0.6 is 0 Å². The van der Waals surface area contributed by atoms with Gasteiger partial charge in [-0.3, -0.25) is 9.69 Å². The molecule has 1 spiro atoms. The molecular weight excluding hydrogens is 328 g/mol. The second kappa shape index (κ2) is 7.35. The fourth-order valence-corrected chi connectivity index (χ4v) is 3.69. The average Bonchev–Trinajstić information content (AvgIpc) is 2.62. The number of nitrogens with zero attached hydrogens (tertiary/aromatic N) is 3. The highest BCUT2D eigenvalue weighted by Gasteiger charge is 2.43. The van der Waals surface area contributed by atoms with Crippen molar-refractivity contribution in [1.82, 2.24) is 0 Å². The molecule has 1 saturated carbocycles. The van der Waals surface area contributed by atoms with E-state index in [0.29, 0.717) is 5.96 Å². The van der Waals surface area contributed by atoms with Gasteiger partial charge in [-0.1, -0.05) is 32.4 Å². The van der Waals surface area contributed by atoms with E-state index in [-0.39, 0.29) is 17.8 Å². The summed E-state index contributed by atoms with van der Waals surface area (Å²) < 4.78 is 0. The highest BCUT2D eigenvalue weighted by Crippen LogP contribution is 2.41. The number of amides is 1. The molecule has 26 heavy (non-hydrogen) atoms. The number of rotatable bonds is 4. The topological polar surface area (TPSA) is 109 Å². The molecule has 1 heterocycles. The second-order valence-electron chi connectivity index (χ2n) is 7.13. The van der Waals surface area contributed by atoms with E-state index in [2.05, 4.69) is 10.3 Å². The summed E-state index contributed by atoms with van der Waals surface area (Å²) in [7, 11) is 0. The number of guanidine groups is 2. The maximum atomic E-state index is 12.4. The summed E-state index contributed by atoms with van der Waals surface area (Å²) in [5, 5.41) is 3.04. The molecule has 1 unspecified atom stereocenters. The monoisotopic (exact) mass is 356 g/mol. The van der Waals surface area contributed by atoms with Crippen molar-refractivity contribution in [3.8, 4) is 0 Å². The number of hydrogen-bond donors (Lipinski definition) is 3. The van der Waals surface area contributed by atoms with Crippen LogP contribution in [0.2, 0.25) is 0 Å². The average molecular weight is 356 g/mol. The molecule has 3 rings (SSSR count). The van der Waals surface area contributed by atoms with Crippen LogP contribution in [0.4, 0.5) is 11.4 Å². The van der Waals surface area contributed by atoms with Gasteiger partial charge in [0.15, 0.2) is 0 Å². The highest BCUT2D eigenvalue weighted by atomic mass is 16.1. The Kier molecular flexibility index (Phi) is 5.15. The molecule has 1 amide bonds. The quantitative estimate of drug-likeness (QED) is 0.770. The SMILES string of the molecule is CCC(C)C(=O)Nc1ccccc1N1C(N)=NC(N)=NC12CCCCC2. The maximum Gasteiger partial charge on any atom is 0.227 e. The van der Waals surface area contributed by atoms with Crippen LogP contribution in [-0.2, 0) is 4.79 Å². The molecule has 0 bridgehead atoms. The van der Waals surface area contributed by atoms with Crippen LogP contribution in [0.15, 0.2) is 34.3 Å². The minimum Gasteiger partial charge on any atom is -0.369 e. The first kappa shape index (κ1) is 18.2. The molecule has 0 aromatic heterocycles. The van der Waals surface area contributed by atoms with Crippen molar-refractivity contribution in [1.29, 1.82) is 0 Å². The van der Waals surface area contributed by atoms with E-state index in [9.17, 15) is 4.79 Å². The van der Waals surface area contributed by atoms with E-state index in [1.54, 1.807) is 0 Å². The Morgan fingerprint density at radius 1 is 1.27 bits per heavy atom. The second-order valence-corrected chi connectivity index (χ2v) is 7.13. The van der Waals surface area contributed by atoms with Crippen LogP contribution in [-0.4, -0.2) is 23.5 Å². The van der Waals surface area contributed by atoms with E-state index in [0.717, 1.165) is 43.5 Å². The lowest BCUT2D eigenvalue weighted by molar-refractivity contribution is -0.119. The van der Waals surface area contributed by atoms with Gasteiger partial charge in [0.2, 0.25) is 17.8 Å². The Bertz CT molecular complexity index is 735. The van der Waals surface area contributed by atoms with Gasteiger partial charge in [0.1, 0.15) is 5.66 Å². The van der Waals surface area contributed by atoms with Gasteiger partial charge < -0.3 is 16.8 Å². The molecule has 140 valence electrons. The number of carbonyl (C=O) groups is 1. The minimum absolute atomic E-state index is 0.00632. The number of carbonyl (C=O) groups excluding carboxylic acids is 1. The van der Waals surface area contributed by atoms with Gasteiger partial charge in [0, 0.05) is 5.92 Å². The minimum atomic E-state index is -0.522. The van der Waals surface area contributed by atoms with Crippen LogP contribution in [0, 0.1) is 5.92 Å². The summed E-state index contributed by atoms with van der Waals surface area (Å²) in [6.45, 7) is 3.92. The van der Waals surface area contributed by atoms with Crippen LogP contribution in [0.3, 0.4) is 0 Å². The van der Waals surface area contributed by atoms with Crippen molar-refractivity contribution >= 4 is 29.2 Å². The summed E-state index contributed by atoms with van der Waals surface area (Å²) in [6, 6.07) is 7.67. The molecule has 1 aromatic rings. The predicted octanol–water partition coefficient (Wildman–Crippen LogP) is 2.78. The summed E-state index contributed by atoms with van der Waals surface area (Å²) >= 11 is 0. The van der Waals surface area contributed by atoms with Crippen molar-refractivity contribution in [2.75, 3.05) is 10.2 Å². The molecular formula is C19H28N6O. The third kappa shape index (κ3) is 3.38. The van der Waals surface area contributed by atoms with Gasteiger partial charge in [0.05, 0.1) is 11.4 Å². The fourth-order valence-electron chi connectivity index (χ4n) is 3.69. The molecule has 1 aliphatic heterocycles. The van der Waals surface area contributed by atoms with E-state index >= 15 is 0 Å². The van der Waals surface area contributed by atoms with Gasteiger partial charge >= 0.3 is 0 Å². The van der Waals surface area contributed by atoms with E-state index < -0.39 is 5.66 Å². The Labute approximate surface area is 154 Å². The van der Waals surface area contributed by atoms with E-state index in [4.69, 9.17) is 16.5 Å². The lowest BCUT2D eigenvalue weighted by Crippen LogP contribution is -2.58. The number of nitrogens with one attached hydrogen (secondary N) is 1. The molecule has 2 aliphatic rings. The van der Waals surface area contributed by atoms with Crippen molar-refractivity contribution in [2.24, 2.45) is 27.4 Å². The molecule has 0 saturated heterocycles. The Morgan fingerprint density at radius 2 is 1.96 bits per heavy atom. The zero-order valence-corrected chi connectivity index (χ0v) is 15.5. The molecule has 7 nitrogen and oxygen atoms in total. The molecule has 7 heteroatoms. The highest BCUT2D eigenvalue weighted by molar-refractivity contribution is 6.08. The molecule has 1 aromatic carbocycles. The normalized spacial score (nSPS) is 20.3. The summed E-state index contributed by atoms with van der Waals surface area (Å²) in [6.07, 6.45) is 5.79. The molecule has 5 N–H and O–H groups in total. The zero-order chi connectivity index (χ0) is 18.7. The summed E-state index contributed by atoms with van der Waals surface area (Å²) in [4.78, 5) is 23.3. The molecule has 0 radical (unpaired) electrons. The summed E-state index contributed by atoms with van der Waals surface area (Å²) in [5.74, 6) is 0.479. The largest absolute Gasteiger partial charge is 0.369 e. The number of nitrogens with two attached hydrogens (primary N) is 2. The number of benzene rings is 1. The fraction of sp³-hybridized carbons (Fsp3) is 0.526. The van der Waals surface area contributed by atoms with Crippen LogP contribution in [0.25, 0.3) is 0 Å².